The molecule has 0 radical (unpaired) electrons. The summed E-state index contributed by atoms with van der Waals surface area (Å²) in [5.74, 6) is -0.641. The summed E-state index contributed by atoms with van der Waals surface area (Å²) in [5.41, 5.74) is 7.96. The standard InChI is InChI=1S/C27H26N4O2/c1-27(2)12-11-20-15-28-31(25(20)27)22-8-4-6-19(14-22)18-5-3-7-21(13-18)30-24(17-9-10-17)23(16-29-30)26(32)33/h3-8,13-17H,9-12H2,1-2H3,(H,32,33). The van der Waals surface area contributed by atoms with Gasteiger partial charge in [0.1, 0.15) is 5.56 Å². The van der Waals surface area contributed by atoms with Crippen LogP contribution < -0.4 is 0 Å². The molecule has 6 rings (SSSR count). The predicted octanol–water partition coefficient (Wildman–Crippen LogP) is 5.52. The Morgan fingerprint density at radius 1 is 0.970 bits per heavy atom. The fraction of sp³-hybridized carbons (Fsp3) is 0.296. The molecule has 2 aliphatic carbocycles. The lowest BCUT2D eigenvalue weighted by Crippen LogP contribution is -2.18. The van der Waals surface area contributed by atoms with Crippen molar-refractivity contribution in [1.29, 1.82) is 0 Å². The van der Waals surface area contributed by atoms with Crippen molar-refractivity contribution in [2.45, 2.75) is 50.9 Å². The Balaban J connectivity index is 1.41. The van der Waals surface area contributed by atoms with E-state index in [-0.39, 0.29) is 11.3 Å². The minimum absolute atomic E-state index is 0.114. The smallest absolute Gasteiger partial charge is 0.339 e. The van der Waals surface area contributed by atoms with Crippen molar-refractivity contribution < 1.29 is 9.90 Å². The number of hydrogen-bond donors (Lipinski definition) is 1. The fourth-order valence-electron chi connectivity index (χ4n) is 5.16. The molecule has 4 aromatic rings. The Bertz CT molecular complexity index is 1390. The number of carbonyl (C=O) groups is 1. The monoisotopic (exact) mass is 438 g/mol. The van der Waals surface area contributed by atoms with Crippen LogP contribution in [0.2, 0.25) is 0 Å². The lowest BCUT2D eigenvalue weighted by molar-refractivity contribution is 0.0695. The Morgan fingerprint density at radius 3 is 2.24 bits per heavy atom. The molecule has 0 atom stereocenters. The Kier molecular flexibility index (Phi) is 4.34. The third-order valence-electron chi connectivity index (χ3n) is 7.02. The average Bonchev–Trinajstić information content (AvgIpc) is 3.27. The zero-order valence-electron chi connectivity index (χ0n) is 18.8. The van der Waals surface area contributed by atoms with Gasteiger partial charge in [0.05, 0.1) is 35.2 Å². The van der Waals surface area contributed by atoms with Crippen LogP contribution in [0, 0.1) is 0 Å². The van der Waals surface area contributed by atoms with Crippen molar-refractivity contribution in [3.8, 4) is 22.5 Å². The van der Waals surface area contributed by atoms with E-state index in [9.17, 15) is 9.90 Å². The van der Waals surface area contributed by atoms with Crippen molar-refractivity contribution in [1.82, 2.24) is 19.6 Å². The molecule has 2 aliphatic rings. The maximum atomic E-state index is 11.7. The van der Waals surface area contributed by atoms with Gasteiger partial charge in [-0.05, 0) is 66.6 Å². The number of aromatic nitrogens is 4. The number of carboxylic acids is 1. The number of aryl methyl sites for hydroxylation is 1. The molecule has 1 fully saturated rings. The van der Waals surface area contributed by atoms with Crippen molar-refractivity contribution in [2.24, 2.45) is 0 Å². The molecule has 0 amide bonds. The van der Waals surface area contributed by atoms with Gasteiger partial charge in [0, 0.05) is 11.3 Å². The first-order valence-electron chi connectivity index (χ1n) is 11.5. The van der Waals surface area contributed by atoms with Gasteiger partial charge in [0.15, 0.2) is 0 Å². The molecular weight excluding hydrogens is 412 g/mol. The van der Waals surface area contributed by atoms with Crippen LogP contribution in [-0.2, 0) is 11.8 Å². The van der Waals surface area contributed by atoms with E-state index >= 15 is 0 Å². The first-order valence-corrected chi connectivity index (χ1v) is 11.5. The summed E-state index contributed by atoms with van der Waals surface area (Å²) in [6.07, 6.45) is 7.73. The quantitative estimate of drug-likeness (QED) is 0.445. The summed E-state index contributed by atoms with van der Waals surface area (Å²) < 4.78 is 3.89. The Labute approximate surface area is 192 Å². The molecule has 0 saturated heterocycles. The summed E-state index contributed by atoms with van der Waals surface area (Å²) in [7, 11) is 0. The molecule has 2 aromatic heterocycles. The van der Waals surface area contributed by atoms with E-state index in [1.54, 1.807) is 4.68 Å². The number of carboxylic acid groups (broad SMARTS) is 1. The first kappa shape index (κ1) is 20.0. The molecule has 0 aliphatic heterocycles. The lowest BCUT2D eigenvalue weighted by atomic mass is 9.90. The second-order valence-electron chi connectivity index (χ2n) is 9.85. The number of benzene rings is 2. The Hall–Kier alpha value is -3.67. The molecular formula is C27H26N4O2. The molecule has 33 heavy (non-hydrogen) atoms. The van der Waals surface area contributed by atoms with Gasteiger partial charge < -0.3 is 5.11 Å². The van der Waals surface area contributed by atoms with E-state index in [4.69, 9.17) is 5.10 Å². The summed E-state index contributed by atoms with van der Waals surface area (Å²) >= 11 is 0. The SMILES string of the molecule is CC1(C)CCc2cnn(-c3cccc(-c4cccc(-n5ncc(C(=O)O)c5C5CC5)c4)c3)c21. The molecule has 1 N–H and O–H groups in total. The lowest BCUT2D eigenvalue weighted by Gasteiger charge is -2.21. The van der Waals surface area contributed by atoms with Gasteiger partial charge in [-0.2, -0.15) is 10.2 Å². The van der Waals surface area contributed by atoms with Crippen LogP contribution >= 0.6 is 0 Å². The largest absolute Gasteiger partial charge is 0.478 e. The normalized spacial score (nSPS) is 16.7. The highest BCUT2D eigenvalue weighted by Gasteiger charge is 2.35. The highest BCUT2D eigenvalue weighted by molar-refractivity contribution is 5.89. The molecule has 0 bridgehead atoms. The second kappa shape index (κ2) is 7.17. The van der Waals surface area contributed by atoms with E-state index in [1.165, 1.54) is 17.5 Å². The van der Waals surface area contributed by atoms with Crippen LogP contribution in [0.4, 0.5) is 0 Å². The van der Waals surface area contributed by atoms with Crippen molar-refractivity contribution in [3.63, 3.8) is 0 Å². The van der Waals surface area contributed by atoms with Crippen LogP contribution in [0.25, 0.3) is 22.5 Å². The zero-order chi connectivity index (χ0) is 22.7. The van der Waals surface area contributed by atoms with Crippen molar-refractivity contribution >= 4 is 5.97 Å². The summed E-state index contributed by atoms with van der Waals surface area (Å²) in [6, 6.07) is 16.6. The number of fused-ring (bicyclic) bond motifs is 1. The van der Waals surface area contributed by atoms with Crippen molar-refractivity contribution in [3.05, 3.63) is 83.4 Å². The Morgan fingerprint density at radius 2 is 1.61 bits per heavy atom. The molecule has 166 valence electrons. The molecule has 0 spiro atoms. The van der Waals surface area contributed by atoms with E-state index in [2.05, 4.69) is 60.0 Å². The van der Waals surface area contributed by atoms with E-state index in [0.717, 1.165) is 53.9 Å². The fourth-order valence-corrected chi connectivity index (χ4v) is 5.16. The van der Waals surface area contributed by atoms with Crippen LogP contribution in [0.3, 0.4) is 0 Å². The van der Waals surface area contributed by atoms with Crippen LogP contribution in [0.5, 0.6) is 0 Å². The molecule has 6 nitrogen and oxygen atoms in total. The number of aromatic carboxylic acids is 1. The molecule has 6 heteroatoms. The second-order valence-corrected chi connectivity index (χ2v) is 9.85. The van der Waals surface area contributed by atoms with Crippen LogP contribution in [0.1, 0.15) is 66.3 Å². The van der Waals surface area contributed by atoms with Gasteiger partial charge in [-0.1, -0.05) is 38.1 Å². The summed E-state index contributed by atoms with van der Waals surface area (Å²) in [6.45, 7) is 4.58. The number of nitrogens with zero attached hydrogens (tertiary/aromatic N) is 4. The minimum Gasteiger partial charge on any atom is -0.478 e. The first-order chi connectivity index (χ1) is 15.9. The topological polar surface area (TPSA) is 72.9 Å². The van der Waals surface area contributed by atoms with Gasteiger partial charge in [-0.3, -0.25) is 0 Å². The van der Waals surface area contributed by atoms with Crippen LogP contribution in [0.15, 0.2) is 60.9 Å². The van der Waals surface area contributed by atoms with E-state index in [1.807, 2.05) is 18.3 Å². The molecule has 1 saturated carbocycles. The van der Waals surface area contributed by atoms with Gasteiger partial charge in [-0.25, -0.2) is 14.2 Å². The maximum Gasteiger partial charge on any atom is 0.339 e. The number of hydrogen-bond acceptors (Lipinski definition) is 3. The third-order valence-corrected chi connectivity index (χ3v) is 7.02. The van der Waals surface area contributed by atoms with E-state index < -0.39 is 5.97 Å². The van der Waals surface area contributed by atoms with Gasteiger partial charge >= 0.3 is 5.97 Å². The van der Waals surface area contributed by atoms with Crippen molar-refractivity contribution in [2.75, 3.05) is 0 Å². The molecule has 2 aromatic carbocycles. The third kappa shape index (κ3) is 3.28. The minimum atomic E-state index is -0.915. The maximum absolute atomic E-state index is 11.7. The van der Waals surface area contributed by atoms with Crippen LogP contribution in [-0.4, -0.2) is 30.6 Å². The average molecular weight is 439 g/mol. The highest BCUT2D eigenvalue weighted by Crippen LogP contribution is 2.43. The molecule has 2 heterocycles. The van der Waals surface area contributed by atoms with E-state index in [0.29, 0.717) is 5.56 Å². The number of rotatable bonds is 5. The van der Waals surface area contributed by atoms with Gasteiger partial charge in [0.2, 0.25) is 0 Å². The summed E-state index contributed by atoms with van der Waals surface area (Å²) in [5, 5.41) is 18.7. The molecule has 0 unspecified atom stereocenters. The van der Waals surface area contributed by atoms with Gasteiger partial charge in [-0.15, -0.1) is 0 Å². The summed E-state index contributed by atoms with van der Waals surface area (Å²) in [4.78, 5) is 11.7. The van der Waals surface area contributed by atoms with Gasteiger partial charge in [0.25, 0.3) is 0 Å². The predicted molar refractivity (Wildman–Crippen MR) is 126 cm³/mol. The zero-order valence-corrected chi connectivity index (χ0v) is 18.8. The highest BCUT2D eigenvalue weighted by atomic mass is 16.4.